The predicted octanol–water partition coefficient (Wildman–Crippen LogP) is 4.24. The summed E-state index contributed by atoms with van der Waals surface area (Å²) in [5.74, 6) is 0.0506. The molecule has 1 aromatic heterocycles. The second-order valence-corrected chi connectivity index (χ2v) is 6.16. The molecule has 1 heterocycles. The molecule has 0 aliphatic heterocycles. The van der Waals surface area contributed by atoms with E-state index in [1.54, 1.807) is 18.2 Å². The van der Waals surface area contributed by atoms with Crippen molar-refractivity contribution < 1.29 is 4.39 Å². The van der Waals surface area contributed by atoms with Crippen molar-refractivity contribution in [2.24, 2.45) is 0 Å². The zero-order chi connectivity index (χ0) is 17.8. The smallest absolute Gasteiger partial charge is 0.248 e. The Morgan fingerprint density at radius 1 is 1.20 bits per heavy atom. The van der Waals surface area contributed by atoms with Gasteiger partial charge < -0.3 is 5.32 Å². The second kappa shape index (κ2) is 7.58. The van der Waals surface area contributed by atoms with Crippen LogP contribution >= 0.6 is 23.8 Å². The molecule has 3 rings (SSSR count). The minimum atomic E-state index is -0.277. The van der Waals surface area contributed by atoms with Crippen LogP contribution in [0.1, 0.15) is 11.1 Å². The normalized spacial score (nSPS) is 10.5. The van der Waals surface area contributed by atoms with Gasteiger partial charge in [-0.05, 0) is 42.9 Å². The van der Waals surface area contributed by atoms with Crippen LogP contribution in [0.25, 0.3) is 0 Å². The number of thiocarbonyl (C=S) groups is 1. The molecule has 0 unspecified atom stereocenters. The zero-order valence-corrected chi connectivity index (χ0v) is 14.9. The molecule has 8 heteroatoms. The van der Waals surface area contributed by atoms with Gasteiger partial charge in [-0.3, -0.25) is 5.32 Å². The lowest BCUT2D eigenvalue weighted by Crippen LogP contribution is -2.20. The van der Waals surface area contributed by atoms with Gasteiger partial charge in [0.15, 0.2) is 5.11 Å². The lowest BCUT2D eigenvalue weighted by atomic mass is 10.2. The predicted molar refractivity (Wildman–Crippen MR) is 102 cm³/mol. The fourth-order valence-corrected chi connectivity index (χ4v) is 2.60. The standard InChI is InChI=1S/C17H15ClFN5S/c1-11-13(18)6-4-8-15(11)21-17(25)22-16-20-10-24(23-16)9-12-5-2-3-7-14(12)19/h2-8,10H,9H2,1H3,(H2,21,22,23,25). The Bertz CT molecular complexity index is 912. The van der Waals surface area contributed by atoms with Gasteiger partial charge in [0, 0.05) is 16.3 Å². The molecule has 0 spiro atoms. The summed E-state index contributed by atoms with van der Waals surface area (Å²) in [6.45, 7) is 2.18. The van der Waals surface area contributed by atoms with E-state index in [4.69, 9.17) is 23.8 Å². The first-order valence-corrected chi connectivity index (χ1v) is 8.27. The van der Waals surface area contributed by atoms with Crippen molar-refractivity contribution in [2.45, 2.75) is 13.5 Å². The first-order chi connectivity index (χ1) is 12.0. The van der Waals surface area contributed by atoms with E-state index >= 15 is 0 Å². The Labute approximate surface area is 154 Å². The molecule has 5 nitrogen and oxygen atoms in total. The van der Waals surface area contributed by atoms with Gasteiger partial charge in [0.2, 0.25) is 5.95 Å². The fraction of sp³-hybridized carbons (Fsp3) is 0.118. The maximum Gasteiger partial charge on any atom is 0.248 e. The van der Waals surface area contributed by atoms with Crippen LogP contribution in [-0.4, -0.2) is 19.9 Å². The highest BCUT2D eigenvalue weighted by atomic mass is 35.5. The summed E-state index contributed by atoms with van der Waals surface area (Å²) in [6.07, 6.45) is 1.52. The lowest BCUT2D eigenvalue weighted by Gasteiger charge is -2.11. The molecule has 0 atom stereocenters. The van der Waals surface area contributed by atoms with E-state index in [1.165, 1.54) is 17.1 Å². The van der Waals surface area contributed by atoms with Crippen molar-refractivity contribution in [3.05, 3.63) is 70.8 Å². The monoisotopic (exact) mass is 375 g/mol. The highest BCUT2D eigenvalue weighted by Gasteiger charge is 2.08. The third-order valence-corrected chi connectivity index (χ3v) is 4.18. The highest BCUT2D eigenvalue weighted by Crippen LogP contribution is 2.23. The minimum Gasteiger partial charge on any atom is -0.332 e. The average Bonchev–Trinajstić information content (AvgIpc) is 3.01. The maximum absolute atomic E-state index is 13.7. The lowest BCUT2D eigenvalue weighted by molar-refractivity contribution is 0.585. The molecule has 0 aliphatic carbocycles. The summed E-state index contributed by atoms with van der Waals surface area (Å²) in [5, 5.41) is 11.2. The summed E-state index contributed by atoms with van der Waals surface area (Å²) >= 11 is 11.4. The Kier molecular flexibility index (Phi) is 5.25. The summed E-state index contributed by atoms with van der Waals surface area (Å²) < 4.78 is 15.2. The molecule has 2 N–H and O–H groups in total. The van der Waals surface area contributed by atoms with Crippen LogP contribution in [0.5, 0.6) is 0 Å². The third kappa shape index (κ3) is 4.32. The third-order valence-electron chi connectivity index (χ3n) is 3.57. The van der Waals surface area contributed by atoms with Gasteiger partial charge in [-0.15, -0.1) is 5.10 Å². The van der Waals surface area contributed by atoms with Crippen LogP contribution in [0, 0.1) is 12.7 Å². The number of halogens is 2. The van der Waals surface area contributed by atoms with E-state index in [-0.39, 0.29) is 12.4 Å². The van der Waals surface area contributed by atoms with Crippen molar-refractivity contribution in [2.75, 3.05) is 10.6 Å². The van der Waals surface area contributed by atoms with Crippen molar-refractivity contribution in [3.63, 3.8) is 0 Å². The molecule has 3 aromatic rings. The van der Waals surface area contributed by atoms with Gasteiger partial charge in [0.05, 0.1) is 6.54 Å². The molecule has 0 saturated carbocycles. The van der Waals surface area contributed by atoms with Crippen molar-refractivity contribution in [1.29, 1.82) is 0 Å². The Morgan fingerprint density at radius 3 is 2.80 bits per heavy atom. The SMILES string of the molecule is Cc1c(Cl)cccc1NC(=S)Nc1ncn(Cc2ccccc2F)n1. The molecule has 25 heavy (non-hydrogen) atoms. The van der Waals surface area contributed by atoms with Crippen molar-refractivity contribution >= 4 is 40.6 Å². The molecule has 0 fully saturated rings. The van der Waals surface area contributed by atoms with Crippen LogP contribution in [0.2, 0.25) is 5.02 Å². The van der Waals surface area contributed by atoms with Crippen molar-refractivity contribution in [3.8, 4) is 0 Å². The second-order valence-electron chi connectivity index (χ2n) is 5.35. The number of hydrogen-bond donors (Lipinski definition) is 2. The number of anilines is 2. The Morgan fingerprint density at radius 2 is 2.00 bits per heavy atom. The van der Waals surface area contributed by atoms with E-state index in [2.05, 4.69) is 20.7 Å². The quantitative estimate of drug-likeness (QED) is 0.668. The van der Waals surface area contributed by atoms with Crippen LogP contribution in [-0.2, 0) is 6.54 Å². The van der Waals surface area contributed by atoms with Crippen LogP contribution in [0.4, 0.5) is 16.0 Å². The highest BCUT2D eigenvalue weighted by molar-refractivity contribution is 7.80. The molecule has 2 aromatic carbocycles. The topological polar surface area (TPSA) is 54.8 Å². The van der Waals surface area contributed by atoms with Crippen LogP contribution < -0.4 is 10.6 Å². The first kappa shape index (κ1) is 17.3. The molecule has 0 radical (unpaired) electrons. The van der Waals surface area contributed by atoms with Crippen LogP contribution in [0.3, 0.4) is 0 Å². The maximum atomic E-state index is 13.7. The first-order valence-electron chi connectivity index (χ1n) is 7.49. The minimum absolute atomic E-state index is 0.277. The van der Waals surface area contributed by atoms with Gasteiger partial charge in [0.1, 0.15) is 12.1 Å². The van der Waals surface area contributed by atoms with Gasteiger partial charge in [-0.2, -0.15) is 0 Å². The number of aromatic nitrogens is 3. The molecule has 0 bridgehead atoms. The number of rotatable bonds is 4. The number of benzene rings is 2. The zero-order valence-electron chi connectivity index (χ0n) is 13.3. The molecular weight excluding hydrogens is 361 g/mol. The van der Waals surface area contributed by atoms with Gasteiger partial charge >= 0.3 is 0 Å². The largest absolute Gasteiger partial charge is 0.332 e. The molecule has 0 saturated heterocycles. The number of hydrogen-bond acceptors (Lipinski definition) is 3. The summed E-state index contributed by atoms with van der Waals surface area (Å²) in [5.41, 5.74) is 2.23. The van der Waals surface area contributed by atoms with Crippen molar-refractivity contribution in [1.82, 2.24) is 14.8 Å². The van der Waals surface area contributed by atoms with E-state index in [9.17, 15) is 4.39 Å². The van der Waals surface area contributed by atoms with Crippen LogP contribution in [0.15, 0.2) is 48.8 Å². The average molecular weight is 376 g/mol. The van der Waals surface area contributed by atoms with Gasteiger partial charge in [-0.25, -0.2) is 14.1 Å². The fourth-order valence-electron chi connectivity index (χ4n) is 2.23. The van der Waals surface area contributed by atoms with E-state index < -0.39 is 0 Å². The number of nitrogens with one attached hydrogen (secondary N) is 2. The molecule has 128 valence electrons. The van der Waals surface area contributed by atoms with E-state index in [0.717, 1.165) is 11.3 Å². The molecular formula is C17H15ClFN5S. The number of nitrogens with zero attached hydrogens (tertiary/aromatic N) is 3. The van der Waals surface area contributed by atoms with Gasteiger partial charge in [0.25, 0.3) is 0 Å². The Balaban J connectivity index is 1.64. The summed E-state index contributed by atoms with van der Waals surface area (Å²) in [6, 6.07) is 12.1. The van der Waals surface area contributed by atoms with Gasteiger partial charge in [-0.1, -0.05) is 35.9 Å². The molecule has 0 aliphatic rings. The summed E-state index contributed by atoms with van der Waals surface area (Å²) in [4.78, 5) is 4.13. The summed E-state index contributed by atoms with van der Waals surface area (Å²) in [7, 11) is 0. The Hall–Kier alpha value is -2.51. The van der Waals surface area contributed by atoms with E-state index in [1.807, 2.05) is 25.1 Å². The molecule has 0 amide bonds. The van der Waals surface area contributed by atoms with E-state index in [0.29, 0.717) is 21.6 Å².